The Morgan fingerprint density at radius 2 is 1.76 bits per heavy atom. The summed E-state index contributed by atoms with van der Waals surface area (Å²) < 4.78 is 52.8. The monoisotopic (exact) mass is 524 g/mol. The standard InChI is InChI=1S/C27H23F3N4O4/c1-36-25(35)16-22(19-5-4-6-21(15-19)38-27(28,29)30)23-12-14-32-26(34-23)37-20-10-8-18(9-11-20)17-33-24-7-2-3-13-31-24/h2-15,22H,16-17H2,1H3,(H,31,33). The number of esters is 1. The third-order valence-electron chi connectivity index (χ3n) is 5.38. The maximum Gasteiger partial charge on any atom is 0.573 e. The number of ether oxygens (including phenoxy) is 3. The molecular formula is C27H23F3N4O4. The zero-order chi connectivity index (χ0) is 27.0. The number of nitrogens with zero attached hydrogens (tertiary/aromatic N) is 3. The third-order valence-corrected chi connectivity index (χ3v) is 5.38. The van der Waals surface area contributed by atoms with Gasteiger partial charge in [-0.05, 0) is 53.6 Å². The van der Waals surface area contributed by atoms with Crippen molar-refractivity contribution in [3.8, 4) is 17.5 Å². The van der Waals surface area contributed by atoms with Gasteiger partial charge in [0, 0.05) is 24.9 Å². The number of nitrogens with one attached hydrogen (secondary N) is 1. The summed E-state index contributed by atoms with van der Waals surface area (Å²) in [7, 11) is 1.23. The van der Waals surface area contributed by atoms with Crippen molar-refractivity contribution < 1.29 is 32.2 Å². The number of hydrogen-bond acceptors (Lipinski definition) is 8. The predicted octanol–water partition coefficient (Wildman–Crippen LogP) is 5.87. The summed E-state index contributed by atoms with van der Waals surface area (Å²) in [5.41, 5.74) is 1.74. The van der Waals surface area contributed by atoms with Crippen molar-refractivity contribution in [1.29, 1.82) is 0 Å². The molecule has 2 aromatic carbocycles. The maximum absolute atomic E-state index is 12.7. The van der Waals surface area contributed by atoms with Crippen LogP contribution in [0.15, 0.2) is 85.2 Å². The lowest BCUT2D eigenvalue weighted by Crippen LogP contribution is -2.17. The summed E-state index contributed by atoms with van der Waals surface area (Å²) in [5.74, 6) is -0.463. The highest BCUT2D eigenvalue weighted by Crippen LogP contribution is 2.32. The van der Waals surface area contributed by atoms with Gasteiger partial charge in [-0.1, -0.05) is 30.3 Å². The van der Waals surface area contributed by atoms with E-state index >= 15 is 0 Å². The van der Waals surface area contributed by atoms with Crippen LogP contribution in [-0.4, -0.2) is 34.4 Å². The lowest BCUT2D eigenvalue weighted by molar-refractivity contribution is -0.274. The van der Waals surface area contributed by atoms with Gasteiger partial charge in [0.05, 0.1) is 19.2 Å². The van der Waals surface area contributed by atoms with Crippen molar-refractivity contribution in [2.24, 2.45) is 0 Å². The van der Waals surface area contributed by atoms with E-state index in [0.717, 1.165) is 11.4 Å². The quantitative estimate of drug-likeness (QED) is 0.258. The van der Waals surface area contributed by atoms with Gasteiger partial charge in [-0.3, -0.25) is 4.79 Å². The molecule has 196 valence electrons. The molecule has 0 fully saturated rings. The van der Waals surface area contributed by atoms with Crippen molar-refractivity contribution >= 4 is 11.8 Å². The maximum atomic E-state index is 12.7. The Balaban J connectivity index is 1.50. The minimum atomic E-state index is -4.85. The number of pyridine rings is 1. The molecule has 4 rings (SSSR count). The van der Waals surface area contributed by atoms with E-state index in [1.807, 2.05) is 30.3 Å². The smallest absolute Gasteiger partial charge is 0.469 e. The van der Waals surface area contributed by atoms with Gasteiger partial charge in [-0.2, -0.15) is 4.98 Å². The van der Waals surface area contributed by atoms with Gasteiger partial charge in [0.25, 0.3) is 0 Å². The molecule has 2 heterocycles. The van der Waals surface area contributed by atoms with E-state index in [1.54, 1.807) is 30.5 Å². The molecule has 0 radical (unpaired) electrons. The van der Waals surface area contributed by atoms with E-state index < -0.39 is 24.0 Å². The fourth-order valence-corrected chi connectivity index (χ4v) is 3.61. The van der Waals surface area contributed by atoms with Crippen LogP contribution in [0.4, 0.5) is 19.0 Å². The molecule has 0 spiro atoms. The molecule has 0 aliphatic heterocycles. The molecule has 0 amide bonds. The highest BCUT2D eigenvalue weighted by Gasteiger charge is 2.31. The second kappa shape index (κ2) is 12.0. The van der Waals surface area contributed by atoms with Gasteiger partial charge in [0.2, 0.25) is 0 Å². The zero-order valence-electron chi connectivity index (χ0n) is 20.2. The number of carbonyl (C=O) groups excluding carboxylic acids is 1. The summed E-state index contributed by atoms with van der Waals surface area (Å²) in [6.07, 6.45) is -1.86. The van der Waals surface area contributed by atoms with Crippen molar-refractivity contribution in [3.05, 3.63) is 102 Å². The van der Waals surface area contributed by atoms with Crippen LogP contribution < -0.4 is 14.8 Å². The number of anilines is 1. The lowest BCUT2D eigenvalue weighted by Gasteiger charge is -2.18. The fourth-order valence-electron chi connectivity index (χ4n) is 3.61. The number of benzene rings is 2. The van der Waals surface area contributed by atoms with E-state index in [2.05, 4.69) is 25.0 Å². The number of rotatable bonds is 10. The molecule has 0 aliphatic rings. The zero-order valence-corrected chi connectivity index (χ0v) is 20.2. The van der Waals surface area contributed by atoms with Crippen LogP contribution in [0.5, 0.6) is 17.5 Å². The number of methoxy groups -OCH3 is 1. The second-order valence-corrected chi connectivity index (χ2v) is 8.03. The molecule has 0 saturated heterocycles. The van der Waals surface area contributed by atoms with Crippen LogP contribution in [0.1, 0.15) is 29.2 Å². The number of alkyl halides is 3. The van der Waals surface area contributed by atoms with Gasteiger partial charge >= 0.3 is 18.3 Å². The molecule has 0 bridgehead atoms. The minimum Gasteiger partial charge on any atom is -0.469 e. The van der Waals surface area contributed by atoms with Gasteiger partial charge < -0.3 is 19.5 Å². The Labute approximate surface area is 216 Å². The van der Waals surface area contributed by atoms with Gasteiger partial charge in [-0.25, -0.2) is 9.97 Å². The molecule has 0 saturated carbocycles. The van der Waals surface area contributed by atoms with E-state index in [-0.39, 0.29) is 12.4 Å². The first-order valence-corrected chi connectivity index (χ1v) is 11.5. The molecule has 0 aliphatic carbocycles. The van der Waals surface area contributed by atoms with Crippen molar-refractivity contribution in [1.82, 2.24) is 15.0 Å². The van der Waals surface area contributed by atoms with Gasteiger partial charge in [-0.15, -0.1) is 13.2 Å². The minimum absolute atomic E-state index is 0.0134. The van der Waals surface area contributed by atoms with Crippen molar-refractivity contribution in [3.63, 3.8) is 0 Å². The predicted molar refractivity (Wildman–Crippen MR) is 132 cm³/mol. The molecule has 1 N–H and O–H groups in total. The summed E-state index contributed by atoms with van der Waals surface area (Å²) in [6, 6.07) is 19.8. The average molecular weight is 524 g/mol. The number of halogens is 3. The molecule has 1 atom stereocenters. The van der Waals surface area contributed by atoms with Crippen LogP contribution in [-0.2, 0) is 16.1 Å². The molecule has 38 heavy (non-hydrogen) atoms. The first-order valence-electron chi connectivity index (χ1n) is 11.5. The fraction of sp³-hybridized carbons (Fsp3) is 0.185. The van der Waals surface area contributed by atoms with Gasteiger partial charge in [0.15, 0.2) is 0 Å². The Morgan fingerprint density at radius 3 is 2.47 bits per heavy atom. The first-order chi connectivity index (χ1) is 18.3. The SMILES string of the molecule is COC(=O)CC(c1cccc(OC(F)(F)F)c1)c1ccnc(Oc2ccc(CNc3ccccn3)cc2)n1. The topological polar surface area (TPSA) is 95.5 Å². The Bertz CT molecular complexity index is 1350. The van der Waals surface area contributed by atoms with Crippen LogP contribution in [0.2, 0.25) is 0 Å². The second-order valence-electron chi connectivity index (χ2n) is 8.03. The summed E-state index contributed by atoms with van der Waals surface area (Å²) in [6.45, 7) is 0.565. The van der Waals surface area contributed by atoms with Crippen LogP contribution in [0, 0.1) is 0 Å². The molecule has 8 nitrogen and oxygen atoms in total. The summed E-state index contributed by atoms with van der Waals surface area (Å²) in [4.78, 5) is 24.9. The highest BCUT2D eigenvalue weighted by atomic mass is 19.4. The largest absolute Gasteiger partial charge is 0.573 e. The van der Waals surface area contributed by atoms with Crippen molar-refractivity contribution in [2.45, 2.75) is 25.2 Å². The third kappa shape index (κ3) is 7.66. The van der Waals surface area contributed by atoms with E-state index in [1.165, 1.54) is 31.5 Å². The molecular weight excluding hydrogens is 501 g/mol. The molecule has 4 aromatic rings. The number of aromatic nitrogens is 3. The Kier molecular flexibility index (Phi) is 8.37. The lowest BCUT2D eigenvalue weighted by atomic mass is 9.92. The molecule has 11 heteroatoms. The number of hydrogen-bond donors (Lipinski definition) is 1. The molecule has 2 aromatic heterocycles. The Morgan fingerprint density at radius 1 is 0.947 bits per heavy atom. The Hall–Kier alpha value is -4.67. The normalized spacial score (nSPS) is 11.9. The van der Waals surface area contributed by atoms with E-state index in [0.29, 0.717) is 23.6 Å². The van der Waals surface area contributed by atoms with E-state index in [4.69, 9.17) is 9.47 Å². The first kappa shape index (κ1) is 26.4. The van der Waals surface area contributed by atoms with Crippen LogP contribution in [0.3, 0.4) is 0 Å². The average Bonchev–Trinajstić information content (AvgIpc) is 2.91. The van der Waals surface area contributed by atoms with Crippen molar-refractivity contribution in [2.75, 3.05) is 12.4 Å². The number of carbonyl (C=O) groups is 1. The summed E-state index contributed by atoms with van der Waals surface area (Å²) in [5, 5.41) is 3.22. The summed E-state index contributed by atoms with van der Waals surface area (Å²) >= 11 is 0. The molecule has 1 unspecified atom stereocenters. The van der Waals surface area contributed by atoms with Gasteiger partial charge in [0.1, 0.15) is 17.3 Å². The highest BCUT2D eigenvalue weighted by molar-refractivity contribution is 5.71. The van der Waals surface area contributed by atoms with Crippen LogP contribution in [0.25, 0.3) is 0 Å². The van der Waals surface area contributed by atoms with E-state index in [9.17, 15) is 18.0 Å². The van der Waals surface area contributed by atoms with Crippen LogP contribution >= 0.6 is 0 Å².